The van der Waals surface area contributed by atoms with Crippen LogP contribution >= 0.6 is 0 Å². The summed E-state index contributed by atoms with van der Waals surface area (Å²) in [6, 6.07) is 6.80. The Morgan fingerprint density at radius 2 is 1.21 bits per heavy atom. The van der Waals surface area contributed by atoms with Gasteiger partial charge in [0.1, 0.15) is 0 Å². The lowest BCUT2D eigenvalue weighted by molar-refractivity contribution is 0.859. The molecular formula is C35H44N4. The van der Waals surface area contributed by atoms with E-state index in [0.29, 0.717) is 5.92 Å². The second-order valence-corrected chi connectivity index (χ2v) is 11.4. The molecule has 39 heavy (non-hydrogen) atoms. The molecule has 0 aliphatic carbocycles. The van der Waals surface area contributed by atoms with Crippen molar-refractivity contribution >= 4 is 44.4 Å². The summed E-state index contributed by atoms with van der Waals surface area (Å²) in [4.78, 5) is 18.2. The van der Waals surface area contributed by atoms with E-state index < -0.39 is 0 Å². The van der Waals surface area contributed by atoms with Gasteiger partial charge in [-0.3, -0.25) is 0 Å². The van der Waals surface area contributed by atoms with Gasteiger partial charge in [-0.1, -0.05) is 41.5 Å². The van der Waals surface area contributed by atoms with Crippen LogP contribution in [0, 0.1) is 13.8 Å². The van der Waals surface area contributed by atoms with Crippen molar-refractivity contribution in [3.63, 3.8) is 0 Å². The Kier molecular flexibility index (Phi) is 7.17. The van der Waals surface area contributed by atoms with Gasteiger partial charge in [0.25, 0.3) is 0 Å². The normalized spacial score (nSPS) is 13.8. The van der Waals surface area contributed by atoms with Crippen molar-refractivity contribution in [2.75, 3.05) is 0 Å². The Hall–Kier alpha value is -3.40. The largest absolute Gasteiger partial charge is 0.355 e. The quantitative estimate of drug-likeness (QED) is 0.352. The van der Waals surface area contributed by atoms with Crippen LogP contribution < -0.4 is 0 Å². The van der Waals surface area contributed by atoms with Crippen LogP contribution in [0.5, 0.6) is 0 Å². The molecule has 4 nitrogen and oxygen atoms in total. The molecule has 3 aromatic heterocycles. The van der Waals surface area contributed by atoms with Crippen molar-refractivity contribution in [2.45, 2.75) is 101 Å². The minimum absolute atomic E-state index is 0.324. The summed E-state index contributed by atoms with van der Waals surface area (Å²) in [5, 5.41) is 0. The molecule has 5 rings (SSSR count). The third kappa shape index (κ3) is 4.29. The van der Waals surface area contributed by atoms with Crippen molar-refractivity contribution < 1.29 is 0 Å². The Morgan fingerprint density at radius 1 is 0.615 bits per heavy atom. The van der Waals surface area contributed by atoms with Gasteiger partial charge in [-0.25, -0.2) is 9.97 Å². The number of H-pyrrole nitrogens is 2. The van der Waals surface area contributed by atoms with Gasteiger partial charge >= 0.3 is 0 Å². The third-order valence-electron chi connectivity index (χ3n) is 8.97. The van der Waals surface area contributed by atoms with Crippen LogP contribution in [0.25, 0.3) is 44.4 Å². The van der Waals surface area contributed by atoms with E-state index >= 15 is 0 Å². The molecule has 0 radical (unpaired) electrons. The Bertz CT molecular complexity index is 1700. The van der Waals surface area contributed by atoms with Gasteiger partial charge in [0.15, 0.2) is 0 Å². The summed E-state index contributed by atoms with van der Waals surface area (Å²) < 4.78 is 0. The number of hydrogen-bond acceptors (Lipinski definition) is 2. The molecule has 0 spiro atoms. The van der Waals surface area contributed by atoms with Crippen molar-refractivity contribution in [1.82, 2.24) is 19.9 Å². The smallest absolute Gasteiger partial charge is 0.0727 e. The van der Waals surface area contributed by atoms with Gasteiger partial charge in [-0.15, -0.1) is 0 Å². The molecule has 0 unspecified atom stereocenters. The number of nitrogens with zero attached hydrogens (tertiary/aromatic N) is 2. The van der Waals surface area contributed by atoms with E-state index in [9.17, 15) is 0 Å². The van der Waals surface area contributed by atoms with E-state index in [4.69, 9.17) is 9.97 Å². The summed E-state index contributed by atoms with van der Waals surface area (Å²) in [7, 11) is 0. The maximum Gasteiger partial charge on any atom is 0.0727 e. The van der Waals surface area contributed by atoms with Crippen LogP contribution in [0.3, 0.4) is 0 Å². The second kappa shape index (κ2) is 10.3. The summed E-state index contributed by atoms with van der Waals surface area (Å²) >= 11 is 0. The molecule has 0 aromatic carbocycles. The van der Waals surface area contributed by atoms with Crippen molar-refractivity contribution in [1.29, 1.82) is 0 Å². The van der Waals surface area contributed by atoms with Crippen LogP contribution in [-0.2, 0) is 12.8 Å². The van der Waals surface area contributed by atoms with E-state index in [1.807, 2.05) is 0 Å². The standard InChI is InChI=1S/C35H44N4/c1-11-23-19(7)27-15-29-21(9)25(13-3)34(38-29)33(18(5)6)35-26(14-4)22(10)30(39-35)16-28-20(8)24(12-2)32(37-28)17-31(23)36-27/h15-18,36,38H,11-14H2,1-10H3. The zero-order valence-corrected chi connectivity index (χ0v) is 25.5. The van der Waals surface area contributed by atoms with Gasteiger partial charge in [-0.2, -0.15) is 0 Å². The second-order valence-electron chi connectivity index (χ2n) is 11.4. The number of hydrogen-bond donors (Lipinski definition) is 2. The Morgan fingerprint density at radius 3 is 1.82 bits per heavy atom. The first-order valence-electron chi connectivity index (χ1n) is 14.8. The van der Waals surface area contributed by atoms with E-state index in [-0.39, 0.29) is 0 Å². The molecule has 0 atom stereocenters. The number of aromatic amines is 2. The van der Waals surface area contributed by atoms with Crippen molar-refractivity contribution in [2.24, 2.45) is 0 Å². The van der Waals surface area contributed by atoms with Gasteiger partial charge in [0.2, 0.25) is 0 Å². The number of aryl methyl sites for hydroxylation is 4. The molecule has 5 heterocycles. The highest BCUT2D eigenvalue weighted by Gasteiger charge is 2.24. The minimum atomic E-state index is 0.324. The summed E-state index contributed by atoms with van der Waals surface area (Å²) in [5.74, 6) is 0.324. The first kappa shape index (κ1) is 27.2. The number of aromatic nitrogens is 4. The molecule has 0 amide bonds. The van der Waals surface area contributed by atoms with Crippen LogP contribution in [0.4, 0.5) is 0 Å². The Balaban J connectivity index is 2.07. The first-order chi connectivity index (χ1) is 18.6. The maximum absolute atomic E-state index is 5.36. The van der Waals surface area contributed by atoms with Crippen LogP contribution in [-0.4, -0.2) is 19.9 Å². The molecule has 2 aliphatic rings. The summed E-state index contributed by atoms with van der Waals surface area (Å²) in [6.07, 6.45) is 3.85. The summed E-state index contributed by atoms with van der Waals surface area (Å²) in [6.45, 7) is 22.5. The molecule has 8 bridgehead atoms. The van der Waals surface area contributed by atoms with E-state index in [0.717, 1.165) is 48.5 Å². The fraction of sp³-hybridized carbons (Fsp3) is 0.429. The number of rotatable bonds is 5. The van der Waals surface area contributed by atoms with Crippen LogP contribution in [0.2, 0.25) is 0 Å². The molecule has 2 N–H and O–H groups in total. The molecule has 0 fully saturated rings. The molecule has 2 aliphatic heterocycles. The lowest BCUT2D eigenvalue weighted by atomic mass is 9.92. The fourth-order valence-corrected chi connectivity index (χ4v) is 6.70. The molecule has 4 heteroatoms. The van der Waals surface area contributed by atoms with Crippen LogP contribution in [0.1, 0.15) is 125 Å². The summed E-state index contributed by atoms with van der Waals surface area (Å²) in [5.41, 5.74) is 20.9. The van der Waals surface area contributed by atoms with E-state index in [1.165, 1.54) is 72.2 Å². The molecule has 3 aromatic rings. The fourth-order valence-electron chi connectivity index (χ4n) is 6.70. The topological polar surface area (TPSA) is 57.4 Å². The maximum atomic E-state index is 5.36. The highest BCUT2D eigenvalue weighted by atomic mass is 14.8. The zero-order chi connectivity index (χ0) is 28.2. The van der Waals surface area contributed by atoms with Gasteiger partial charge in [0, 0.05) is 27.6 Å². The molecular weight excluding hydrogens is 476 g/mol. The Labute approximate surface area is 233 Å². The van der Waals surface area contributed by atoms with Gasteiger partial charge in [0.05, 0.1) is 22.8 Å². The zero-order valence-electron chi connectivity index (χ0n) is 25.5. The predicted molar refractivity (Wildman–Crippen MR) is 169 cm³/mol. The number of fused-ring (bicyclic) bond motifs is 8. The highest BCUT2D eigenvalue weighted by Crippen LogP contribution is 2.40. The number of nitrogens with one attached hydrogen (secondary N) is 2. The average Bonchev–Trinajstić information content (AvgIpc) is 3.57. The lowest BCUT2D eigenvalue weighted by Gasteiger charge is -2.12. The third-order valence-corrected chi connectivity index (χ3v) is 8.97. The van der Waals surface area contributed by atoms with E-state index in [2.05, 4.69) is 97.4 Å². The van der Waals surface area contributed by atoms with Gasteiger partial charge < -0.3 is 9.97 Å². The first-order valence-corrected chi connectivity index (χ1v) is 14.8. The molecule has 0 saturated heterocycles. The average molecular weight is 521 g/mol. The highest BCUT2D eigenvalue weighted by molar-refractivity contribution is 5.96. The van der Waals surface area contributed by atoms with E-state index in [1.54, 1.807) is 0 Å². The lowest BCUT2D eigenvalue weighted by Crippen LogP contribution is -1.98. The van der Waals surface area contributed by atoms with Gasteiger partial charge in [-0.05, 0) is 122 Å². The SMILES string of the molecule is CCC1=C(C)c2cc3nc(c(C(C)C)c4[nH]c(cc5[nH]c(cc1n2)c(CC)c5C)c(C)c4CC)C(CC)=C3C. The minimum Gasteiger partial charge on any atom is -0.355 e. The van der Waals surface area contributed by atoms with Crippen LogP contribution in [0.15, 0.2) is 18.2 Å². The molecule has 204 valence electrons. The monoisotopic (exact) mass is 520 g/mol. The molecule has 0 saturated carbocycles. The van der Waals surface area contributed by atoms with Crippen molar-refractivity contribution in [3.05, 3.63) is 68.8 Å². The number of allylic oxidation sites excluding steroid dienone is 4. The van der Waals surface area contributed by atoms with Crippen molar-refractivity contribution in [3.8, 4) is 0 Å². The predicted octanol–water partition coefficient (Wildman–Crippen LogP) is 9.86.